The summed E-state index contributed by atoms with van der Waals surface area (Å²) < 4.78 is 10.6. The molecule has 3 rings (SSSR count). The van der Waals surface area contributed by atoms with Crippen LogP contribution in [0.5, 0.6) is 11.5 Å². The Morgan fingerprint density at radius 2 is 1.92 bits per heavy atom. The maximum atomic E-state index is 12.9. The Bertz CT molecular complexity index is 650. The Morgan fingerprint density at radius 3 is 2.50 bits per heavy atom. The number of rotatable bonds is 6. The van der Waals surface area contributed by atoms with E-state index in [1.807, 2.05) is 12.1 Å². The normalized spacial score (nSPS) is 22.6. The minimum atomic E-state index is -0.416. The van der Waals surface area contributed by atoms with Gasteiger partial charge in [0.1, 0.15) is 17.5 Å². The summed E-state index contributed by atoms with van der Waals surface area (Å²) in [6, 6.07) is 5.22. The van der Waals surface area contributed by atoms with E-state index in [1.165, 1.54) is 0 Å². The van der Waals surface area contributed by atoms with Crippen molar-refractivity contribution in [3.8, 4) is 11.5 Å². The molecule has 0 aliphatic carbocycles. The van der Waals surface area contributed by atoms with Crippen LogP contribution < -0.4 is 19.7 Å². The number of likely N-dealkylation sites (N-methyl/N-ethyl adjacent to an activating group) is 1. The number of benzene rings is 1. The second-order valence-corrected chi connectivity index (χ2v) is 6.87. The van der Waals surface area contributed by atoms with Crippen molar-refractivity contribution in [3.05, 3.63) is 18.2 Å². The van der Waals surface area contributed by atoms with E-state index >= 15 is 0 Å². The summed E-state index contributed by atoms with van der Waals surface area (Å²) in [5.41, 5.74) is 0.729. The van der Waals surface area contributed by atoms with Gasteiger partial charge in [-0.3, -0.25) is 9.59 Å². The first kappa shape index (κ1) is 18.5. The van der Waals surface area contributed by atoms with Crippen LogP contribution in [0.25, 0.3) is 0 Å². The molecule has 2 amide bonds. The van der Waals surface area contributed by atoms with Crippen molar-refractivity contribution in [3.63, 3.8) is 0 Å². The maximum absolute atomic E-state index is 12.9. The lowest BCUT2D eigenvalue weighted by Gasteiger charge is -2.25. The zero-order chi connectivity index (χ0) is 18.7. The van der Waals surface area contributed by atoms with Crippen LogP contribution in [0.2, 0.25) is 0 Å². The summed E-state index contributed by atoms with van der Waals surface area (Å²) in [7, 11) is 4.89. The van der Waals surface area contributed by atoms with Crippen LogP contribution in [0.4, 0.5) is 5.69 Å². The zero-order valence-electron chi connectivity index (χ0n) is 15.7. The molecule has 0 spiro atoms. The topological polar surface area (TPSA) is 71.1 Å². The molecule has 2 atom stereocenters. The van der Waals surface area contributed by atoms with Crippen molar-refractivity contribution in [1.82, 2.24) is 10.2 Å². The monoisotopic (exact) mass is 361 g/mol. The first-order valence-electron chi connectivity index (χ1n) is 9.07. The second-order valence-electron chi connectivity index (χ2n) is 6.87. The Balaban J connectivity index is 1.70. The molecule has 0 bridgehead atoms. The van der Waals surface area contributed by atoms with Gasteiger partial charge in [0.2, 0.25) is 11.8 Å². The molecule has 7 nitrogen and oxygen atoms in total. The van der Waals surface area contributed by atoms with E-state index in [9.17, 15) is 9.59 Å². The van der Waals surface area contributed by atoms with Gasteiger partial charge in [0.05, 0.1) is 19.9 Å². The van der Waals surface area contributed by atoms with E-state index in [-0.39, 0.29) is 17.9 Å². The van der Waals surface area contributed by atoms with Gasteiger partial charge < -0.3 is 24.6 Å². The van der Waals surface area contributed by atoms with E-state index in [0.29, 0.717) is 30.9 Å². The number of ether oxygens (including phenoxy) is 2. The zero-order valence-corrected chi connectivity index (χ0v) is 15.7. The summed E-state index contributed by atoms with van der Waals surface area (Å²) in [6.45, 7) is 1.54. The fourth-order valence-electron chi connectivity index (χ4n) is 3.69. The van der Waals surface area contributed by atoms with Gasteiger partial charge >= 0.3 is 0 Å². The molecule has 0 radical (unpaired) electrons. The number of hydrogen-bond acceptors (Lipinski definition) is 5. The molecule has 2 heterocycles. The number of anilines is 1. The molecular formula is C19H27N3O4. The first-order chi connectivity index (χ1) is 12.5. The molecule has 2 unspecified atom stereocenters. The third kappa shape index (κ3) is 3.77. The largest absolute Gasteiger partial charge is 0.497 e. The molecule has 7 heteroatoms. The van der Waals surface area contributed by atoms with E-state index in [4.69, 9.17) is 9.47 Å². The summed E-state index contributed by atoms with van der Waals surface area (Å²) in [5.74, 6) is 1.23. The maximum Gasteiger partial charge on any atom is 0.249 e. The van der Waals surface area contributed by atoms with Crippen molar-refractivity contribution in [2.24, 2.45) is 0 Å². The highest BCUT2D eigenvalue weighted by Gasteiger charge is 2.38. The Labute approximate surface area is 154 Å². The lowest BCUT2D eigenvalue weighted by atomic mass is 10.1. The molecule has 2 fully saturated rings. The van der Waals surface area contributed by atoms with Crippen LogP contribution in [0.3, 0.4) is 0 Å². The van der Waals surface area contributed by atoms with Crippen molar-refractivity contribution < 1.29 is 19.1 Å². The lowest BCUT2D eigenvalue weighted by molar-refractivity contribution is -0.137. The number of hydrogen-bond donors (Lipinski definition) is 1. The average molecular weight is 361 g/mol. The molecule has 0 aromatic heterocycles. The highest BCUT2D eigenvalue weighted by molar-refractivity contribution is 6.01. The van der Waals surface area contributed by atoms with Gasteiger partial charge in [0.15, 0.2) is 0 Å². The van der Waals surface area contributed by atoms with Crippen LogP contribution in [-0.4, -0.2) is 63.2 Å². The van der Waals surface area contributed by atoms with Gasteiger partial charge in [-0.25, -0.2) is 0 Å². The van der Waals surface area contributed by atoms with E-state index in [0.717, 1.165) is 25.1 Å². The summed E-state index contributed by atoms with van der Waals surface area (Å²) in [4.78, 5) is 28.8. The lowest BCUT2D eigenvalue weighted by Crippen LogP contribution is -2.44. The van der Waals surface area contributed by atoms with Crippen molar-refractivity contribution in [2.75, 3.05) is 39.3 Å². The molecule has 2 aliphatic heterocycles. The van der Waals surface area contributed by atoms with E-state index < -0.39 is 6.04 Å². The minimum absolute atomic E-state index is 0.0211. The number of amides is 2. The minimum Gasteiger partial charge on any atom is -0.497 e. The number of nitrogens with one attached hydrogen (secondary N) is 1. The van der Waals surface area contributed by atoms with Crippen molar-refractivity contribution >= 4 is 17.5 Å². The molecule has 0 saturated carbocycles. The second kappa shape index (κ2) is 7.95. The van der Waals surface area contributed by atoms with Gasteiger partial charge in [-0.2, -0.15) is 0 Å². The van der Waals surface area contributed by atoms with Crippen LogP contribution >= 0.6 is 0 Å². The predicted octanol–water partition coefficient (Wildman–Crippen LogP) is 1.41. The van der Waals surface area contributed by atoms with Crippen LogP contribution in [0, 0.1) is 0 Å². The fourth-order valence-corrected chi connectivity index (χ4v) is 3.69. The summed E-state index contributed by atoms with van der Waals surface area (Å²) in [6.07, 6.45) is 3.20. The quantitative estimate of drug-likeness (QED) is 0.830. The highest BCUT2D eigenvalue weighted by atomic mass is 16.5. The summed E-state index contributed by atoms with van der Waals surface area (Å²) in [5, 5.41) is 3.33. The number of nitrogens with zero attached hydrogens (tertiary/aromatic N) is 2. The molecule has 142 valence electrons. The van der Waals surface area contributed by atoms with Crippen LogP contribution in [-0.2, 0) is 9.59 Å². The number of carbonyl (C=O) groups excluding carboxylic acids is 2. The standard InChI is InChI=1S/C19H27N3O4/c1-21(18(23)9-13-5-4-7-20-13)17-6-8-22(19(17)24)14-10-15(25-2)12-16(11-14)26-3/h10-13,17,20H,4-9H2,1-3H3. The molecule has 1 N–H and O–H groups in total. The first-order valence-corrected chi connectivity index (χ1v) is 9.07. The van der Waals surface area contributed by atoms with Gasteiger partial charge in [-0.1, -0.05) is 0 Å². The molecule has 26 heavy (non-hydrogen) atoms. The van der Waals surface area contributed by atoms with E-state index in [2.05, 4.69) is 5.32 Å². The molecule has 1 aromatic rings. The van der Waals surface area contributed by atoms with Gasteiger partial charge in [-0.15, -0.1) is 0 Å². The van der Waals surface area contributed by atoms with Crippen molar-refractivity contribution in [2.45, 2.75) is 37.8 Å². The van der Waals surface area contributed by atoms with Gasteiger partial charge in [0, 0.05) is 44.3 Å². The van der Waals surface area contributed by atoms with Gasteiger partial charge in [0.25, 0.3) is 0 Å². The molecule has 2 aliphatic rings. The molecular weight excluding hydrogens is 334 g/mol. The highest BCUT2D eigenvalue weighted by Crippen LogP contribution is 2.32. The smallest absolute Gasteiger partial charge is 0.249 e. The van der Waals surface area contributed by atoms with Crippen LogP contribution in [0.1, 0.15) is 25.7 Å². The molecule has 1 aromatic carbocycles. The molecule has 2 saturated heterocycles. The van der Waals surface area contributed by atoms with Crippen molar-refractivity contribution in [1.29, 1.82) is 0 Å². The SMILES string of the molecule is COc1cc(OC)cc(N2CCC(N(C)C(=O)CC3CCCN3)C2=O)c1. The fraction of sp³-hybridized carbons (Fsp3) is 0.579. The van der Waals surface area contributed by atoms with Crippen LogP contribution in [0.15, 0.2) is 18.2 Å². The summed E-state index contributed by atoms with van der Waals surface area (Å²) >= 11 is 0. The average Bonchev–Trinajstić information content (AvgIpc) is 3.30. The third-order valence-electron chi connectivity index (χ3n) is 5.27. The number of methoxy groups -OCH3 is 2. The third-order valence-corrected chi connectivity index (χ3v) is 5.27. The van der Waals surface area contributed by atoms with Gasteiger partial charge in [-0.05, 0) is 25.8 Å². The Kier molecular flexibility index (Phi) is 5.66. The Morgan fingerprint density at radius 1 is 1.23 bits per heavy atom. The Hall–Kier alpha value is -2.28. The van der Waals surface area contributed by atoms with E-state index in [1.54, 1.807) is 37.1 Å². The number of carbonyl (C=O) groups is 2. The predicted molar refractivity (Wildman–Crippen MR) is 98.7 cm³/mol.